The lowest BCUT2D eigenvalue weighted by atomic mass is 9.85. The highest BCUT2D eigenvalue weighted by Gasteiger charge is 2.30. The molecule has 4 rings (SSSR count). The Morgan fingerprint density at radius 2 is 1.68 bits per heavy atom. The first-order valence-corrected chi connectivity index (χ1v) is 8.72. The number of rotatable bonds is 2. The Morgan fingerprint density at radius 3 is 2.48 bits per heavy atom. The van der Waals surface area contributed by atoms with Gasteiger partial charge < -0.3 is 15.5 Å². The van der Waals surface area contributed by atoms with Gasteiger partial charge in [-0.2, -0.15) is 0 Å². The number of hydrogen-bond donors (Lipinski definition) is 2. The second kappa shape index (κ2) is 6.69. The van der Waals surface area contributed by atoms with Crippen LogP contribution in [-0.2, 0) is 4.79 Å². The third-order valence-electron chi connectivity index (χ3n) is 5.01. The fourth-order valence-electron chi connectivity index (χ4n) is 3.72. The van der Waals surface area contributed by atoms with Crippen LogP contribution in [-0.4, -0.2) is 42.9 Å². The molecule has 0 saturated carbocycles. The molecule has 2 aromatic carbocycles. The normalized spacial score (nSPS) is 19.4. The lowest BCUT2D eigenvalue weighted by molar-refractivity contribution is -0.132. The smallest absolute Gasteiger partial charge is 0.255 e. The summed E-state index contributed by atoms with van der Waals surface area (Å²) in [6.07, 6.45) is 0.378. The summed E-state index contributed by atoms with van der Waals surface area (Å²) in [4.78, 5) is 27.4. The van der Waals surface area contributed by atoms with Gasteiger partial charge in [-0.1, -0.05) is 36.4 Å². The Balaban J connectivity index is 1.73. The molecule has 1 unspecified atom stereocenters. The molecule has 0 aromatic heterocycles. The third kappa shape index (κ3) is 3.03. The molecule has 1 fully saturated rings. The SMILES string of the molecule is O=C1Nc2ccccc2C(CC(=O)N2CCNCC2)c2ccccc21. The molecule has 2 N–H and O–H groups in total. The van der Waals surface area contributed by atoms with Gasteiger partial charge >= 0.3 is 0 Å². The van der Waals surface area contributed by atoms with Crippen LogP contribution in [0, 0.1) is 0 Å². The maximum Gasteiger partial charge on any atom is 0.255 e. The fourth-order valence-corrected chi connectivity index (χ4v) is 3.72. The zero-order valence-electron chi connectivity index (χ0n) is 14.0. The number of anilines is 1. The minimum Gasteiger partial charge on any atom is -0.340 e. The summed E-state index contributed by atoms with van der Waals surface area (Å²) < 4.78 is 0. The molecule has 2 aliphatic heterocycles. The summed E-state index contributed by atoms with van der Waals surface area (Å²) in [5, 5.41) is 6.26. The van der Waals surface area contributed by atoms with Crippen molar-refractivity contribution in [3.8, 4) is 0 Å². The van der Waals surface area contributed by atoms with Crippen molar-refractivity contribution < 1.29 is 9.59 Å². The number of piperazine rings is 1. The van der Waals surface area contributed by atoms with Gasteiger partial charge in [0.1, 0.15) is 0 Å². The summed E-state index contributed by atoms with van der Waals surface area (Å²) in [6.45, 7) is 3.16. The number of nitrogens with one attached hydrogen (secondary N) is 2. The van der Waals surface area contributed by atoms with Gasteiger partial charge in [-0.3, -0.25) is 9.59 Å². The number of nitrogens with zero attached hydrogens (tertiary/aromatic N) is 1. The molecule has 2 aliphatic rings. The molecule has 5 heteroatoms. The van der Waals surface area contributed by atoms with Crippen molar-refractivity contribution in [3.63, 3.8) is 0 Å². The fraction of sp³-hybridized carbons (Fsp3) is 0.300. The van der Waals surface area contributed by atoms with E-state index in [9.17, 15) is 9.59 Å². The van der Waals surface area contributed by atoms with Crippen LogP contribution in [0.3, 0.4) is 0 Å². The molecule has 2 amide bonds. The number of carbonyl (C=O) groups excluding carboxylic acids is 2. The number of para-hydroxylation sites is 1. The Morgan fingerprint density at radius 1 is 1.00 bits per heavy atom. The zero-order valence-corrected chi connectivity index (χ0v) is 14.0. The molecule has 128 valence electrons. The van der Waals surface area contributed by atoms with E-state index in [0.717, 1.165) is 43.0 Å². The second-order valence-electron chi connectivity index (χ2n) is 6.52. The number of fused-ring (bicyclic) bond motifs is 2. The summed E-state index contributed by atoms with van der Waals surface area (Å²) in [6, 6.07) is 15.4. The largest absolute Gasteiger partial charge is 0.340 e. The van der Waals surface area contributed by atoms with Crippen LogP contribution in [0.4, 0.5) is 5.69 Å². The maximum absolute atomic E-state index is 12.9. The Bertz CT molecular complexity index is 812. The zero-order chi connectivity index (χ0) is 17.2. The summed E-state index contributed by atoms with van der Waals surface area (Å²) in [7, 11) is 0. The van der Waals surface area contributed by atoms with E-state index in [0.29, 0.717) is 12.0 Å². The average molecular weight is 335 g/mol. The molecule has 0 bridgehead atoms. The molecule has 0 radical (unpaired) electrons. The molecule has 1 atom stereocenters. The van der Waals surface area contributed by atoms with Gasteiger partial charge in [-0.25, -0.2) is 0 Å². The van der Waals surface area contributed by atoms with Crippen LogP contribution in [0.5, 0.6) is 0 Å². The topological polar surface area (TPSA) is 61.4 Å². The monoisotopic (exact) mass is 335 g/mol. The summed E-state index contributed by atoms with van der Waals surface area (Å²) >= 11 is 0. The van der Waals surface area contributed by atoms with E-state index in [1.807, 2.05) is 53.4 Å². The molecular formula is C20H21N3O2. The number of hydrogen-bond acceptors (Lipinski definition) is 3. The Kier molecular flexibility index (Phi) is 4.24. The lowest BCUT2D eigenvalue weighted by Gasteiger charge is -2.29. The molecule has 5 nitrogen and oxygen atoms in total. The van der Waals surface area contributed by atoms with Crippen LogP contribution in [0.2, 0.25) is 0 Å². The highest BCUT2D eigenvalue weighted by atomic mass is 16.2. The lowest BCUT2D eigenvalue weighted by Crippen LogP contribution is -2.46. The van der Waals surface area contributed by atoms with Gasteiger partial charge in [-0.15, -0.1) is 0 Å². The standard InChI is InChI=1S/C20H21N3O2/c24-19(23-11-9-21-10-12-23)13-17-14-5-1-2-7-16(14)20(25)22-18-8-4-3-6-15(17)18/h1-8,17,21H,9-13H2,(H,22,25). The van der Waals surface area contributed by atoms with Crippen LogP contribution >= 0.6 is 0 Å². The highest BCUT2D eigenvalue weighted by molar-refractivity contribution is 6.07. The van der Waals surface area contributed by atoms with E-state index in [4.69, 9.17) is 0 Å². The molecule has 0 spiro atoms. The van der Waals surface area contributed by atoms with Gasteiger partial charge in [-0.05, 0) is 23.3 Å². The van der Waals surface area contributed by atoms with E-state index in [1.54, 1.807) is 0 Å². The molecular weight excluding hydrogens is 314 g/mol. The molecule has 0 aliphatic carbocycles. The maximum atomic E-state index is 12.9. The van der Waals surface area contributed by atoms with Crippen molar-refractivity contribution in [1.29, 1.82) is 0 Å². The van der Waals surface area contributed by atoms with Crippen molar-refractivity contribution >= 4 is 17.5 Å². The van der Waals surface area contributed by atoms with Crippen molar-refractivity contribution in [1.82, 2.24) is 10.2 Å². The first-order chi connectivity index (χ1) is 12.2. The highest BCUT2D eigenvalue weighted by Crippen LogP contribution is 2.38. The van der Waals surface area contributed by atoms with Crippen LogP contribution < -0.4 is 10.6 Å². The van der Waals surface area contributed by atoms with Gasteiger partial charge in [0, 0.05) is 49.8 Å². The molecule has 1 saturated heterocycles. The third-order valence-corrected chi connectivity index (χ3v) is 5.01. The van der Waals surface area contributed by atoms with Gasteiger partial charge in [0.05, 0.1) is 0 Å². The van der Waals surface area contributed by atoms with Crippen LogP contribution in [0.25, 0.3) is 0 Å². The minimum atomic E-state index is -0.117. The molecule has 2 heterocycles. The Labute approximate surface area is 147 Å². The first kappa shape index (κ1) is 15.8. The predicted octanol–water partition coefficient (Wildman–Crippen LogP) is 2.21. The van der Waals surface area contributed by atoms with Gasteiger partial charge in [0.15, 0.2) is 0 Å². The van der Waals surface area contributed by atoms with E-state index in [-0.39, 0.29) is 17.7 Å². The second-order valence-corrected chi connectivity index (χ2v) is 6.52. The Hall–Kier alpha value is -2.66. The average Bonchev–Trinajstić information content (AvgIpc) is 2.78. The van der Waals surface area contributed by atoms with Crippen LogP contribution in [0.15, 0.2) is 48.5 Å². The minimum absolute atomic E-state index is 0.111. The number of carbonyl (C=O) groups is 2. The first-order valence-electron chi connectivity index (χ1n) is 8.72. The van der Waals surface area contributed by atoms with Crippen molar-refractivity contribution in [3.05, 3.63) is 65.2 Å². The molecule has 25 heavy (non-hydrogen) atoms. The van der Waals surface area contributed by atoms with Crippen molar-refractivity contribution in [2.75, 3.05) is 31.5 Å². The van der Waals surface area contributed by atoms with Crippen molar-refractivity contribution in [2.45, 2.75) is 12.3 Å². The van der Waals surface area contributed by atoms with E-state index in [2.05, 4.69) is 10.6 Å². The summed E-state index contributed by atoms with van der Waals surface area (Å²) in [5.74, 6) is -0.0839. The van der Waals surface area contributed by atoms with Gasteiger partial charge in [0.2, 0.25) is 5.91 Å². The van der Waals surface area contributed by atoms with Crippen LogP contribution in [0.1, 0.15) is 33.8 Å². The van der Waals surface area contributed by atoms with Crippen molar-refractivity contribution in [2.24, 2.45) is 0 Å². The number of amides is 2. The summed E-state index contributed by atoms with van der Waals surface area (Å²) in [5.41, 5.74) is 3.37. The molecule has 2 aromatic rings. The van der Waals surface area contributed by atoms with E-state index in [1.165, 1.54) is 0 Å². The number of benzene rings is 2. The van der Waals surface area contributed by atoms with E-state index >= 15 is 0 Å². The van der Waals surface area contributed by atoms with E-state index < -0.39 is 0 Å². The van der Waals surface area contributed by atoms with Gasteiger partial charge in [0.25, 0.3) is 5.91 Å². The predicted molar refractivity (Wildman–Crippen MR) is 96.7 cm³/mol. The quantitative estimate of drug-likeness (QED) is 0.884.